The molecule has 35 heavy (non-hydrogen) atoms. The molecule has 3 rings (SSSR count). The molecule has 10 heteroatoms. The van der Waals surface area contributed by atoms with Crippen LogP contribution in [-0.2, 0) is 13.0 Å². The van der Waals surface area contributed by atoms with E-state index in [0.717, 1.165) is 17.5 Å². The fraction of sp³-hybridized carbons (Fsp3) is 0.400. The molecule has 0 radical (unpaired) electrons. The van der Waals surface area contributed by atoms with E-state index < -0.39 is 6.17 Å². The maximum Gasteiger partial charge on any atom is 1.00 e. The van der Waals surface area contributed by atoms with Gasteiger partial charge in [-0.25, -0.2) is 11.2 Å². The molecule has 9 nitrogen and oxygen atoms in total. The molecule has 2 heterocycles. The number of nitrogens with zero attached hydrogens (tertiary/aromatic N) is 4. The smallest absolute Gasteiger partial charge is 0.496 e. The molecular weight excluding hydrogens is 439 g/mol. The third kappa shape index (κ3) is 7.74. The van der Waals surface area contributed by atoms with E-state index in [1.54, 1.807) is 37.1 Å². The summed E-state index contributed by atoms with van der Waals surface area (Å²) in [5.41, 5.74) is 3.03. The number of unbranched alkanes of at least 4 members (excludes halogenated alkanes) is 2. The Hall–Kier alpha value is -3.02. The predicted molar refractivity (Wildman–Crippen MR) is 132 cm³/mol. The molecule has 0 fully saturated rings. The molecule has 182 valence electrons. The van der Waals surface area contributed by atoms with Gasteiger partial charge in [0.1, 0.15) is 11.9 Å². The van der Waals surface area contributed by atoms with Gasteiger partial charge in [-0.2, -0.15) is 19.4 Å². The van der Waals surface area contributed by atoms with Crippen LogP contribution in [0.2, 0.25) is 0 Å². The summed E-state index contributed by atoms with van der Waals surface area (Å²) >= 11 is 0. The monoisotopic (exact) mass is 470 g/mol. The molecular formula is C25H31LiN6O3-2. The maximum absolute atomic E-state index is 13.1. The Labute approximate surface area is 219 Å². The van der Waals surface area contributed by atoms with E-state index in [9.17, 15) is 9.59 Å². The molecule has 1 aromatic rings. The van der Waals surface area contributed by atoms with Crippen molar-refractivity contribution in [2.24, 2.45) is 10.2 Å². The van der Waals surface area contributed by atoms with Crippen LogP contribution in [0, 0.1) is 6.42 Å². The second-order valence-corrected chi connectivity index (χ2v) is 8.15. The quantitative estimate of drug-likeness (QED) is 0.179. The molecule has 0 aliphatic carbocycles. The minimum Gasteiger partial charge on any atom is -0.496 e. The van der Waals surface area contributed by atoms with Gasteiger partial charge in [-0.05, 0) is 29.7 Å². The summed E-state index contributed by atoms with van der Waals surface area (Å²) in [7, 11) is 5.01. The van der Waals surface area contributed by atoms with Crippen LogP contribution in [0.5, 0.6) is 5.75 Å². The summed E-state index contributed by atoms with van der Waals surface area (Å²) in [4.78, 5) is 28.8. The van der Waals surface area contributed by atoms with Gasteiger partial charge in [0, 0.05) is 27.2 Å². The van der Waals surface area contributed by atoms with Gasteiger partial charge in [0.2, 0.25) is 0 Å². The van der Waals surface area contributed by atoms with Crippen LogP contribution < -0.4 is 34.2 Å². The summed E-state index contributed by atoms with van der Waals surface area (Å²) < 4.78 is 5.50. The molecule has 1 atom stereocenters. The van der Waals surface area contributed by atoms with Crippen molar-refractivity contribution in [3.63, 3.8) is 0 Å². The van der Waals surface area contributed by atoms with Crippen molar-refractivity contribution in [3.8, 4) is 5.75 Å². The van der Waals surface area contributed by atoms with Crippen LogP contribution >= 0.6 is 0 Å². The average molecular weight is 471 g/mol. The molecule has 1 unspecified atom stereocenters. The standard InChI is InChI=1S/C25H31N6O3.Li/c1-5-6-7-12-26-27-16-20-9-8-10-23(28-20)29-24(32)21-14-19-17-31(25(33)30(2)3)13-11-18(19)15-22(21)34-4;/h5,8-10,14-15,23,28H,6-7,11,13,17H2,1-4H3,(H,29,32);/q-3;+1. The van der Waals surface area contributed by atoms with Crippen molar-refractivity contribution in [1.82, 2.24) is 20.4 Å². The minimum atomic E-state index is -0.453. The second-order valence-electron chi connectivity index (χ2n) is 8.15. The van der Waals surface area contributed by atoms with Crippen LogP contribution in [0.1, 0.15) is 41.3 Å². The number of urea groups is 1. The van der Waals surface area contributed by atoms with E-state index in [-0.39, 0.29) is 30.8 Å². The number of dihydropyridines is 1. The Balaban J connectivity index is 0.00000432. The van der Waals surface area contributed by atoms with Gasteiger partial charge in [-0.1, -0.05) is 6.08 Å². The zero-order chi connectivity index (χ0) is 24.5. The van der Waals surface area contributed by atoms with E-state index in [1.807, 2.05) is 37.6 Å². The number of carbonyl (C=O) groups excluding carboxylic acids is 2. The summed E-state index contributed by atoms with van der Waals surface area (Å²) in [6.45, 7) is 3.06. The van der Waals surface area contributed by atoms with Crippen LogP contribution in [0.15, 0.2) is 46.3 Å². The summed E-state index contributed by atoms with van der Waals surface area (Å²) in [5, 5.41) is 13.8. The third-order valence-electron chi connectivity index (χ3n) is 5.43. The van der Waals surface area contributed by atoms with Gasteiger partial charge >= 0.3 is 24.9 Å². The summed E-state index contributed by atoms with van der Waals surface area (Å²) in [6, 6.07) is 3.66. The largest absolute Gasteiger partial charge is 1.00 e. The first-order valence-electron chi connectivity index (χ1n) is 11.2. The number of nitrogens with one attached hydrogen (secondary N) is 2. The fourth-order valence-electron chi connectivity index (χ4n) is 3.65. The van der Waals surface area contributed by atoms with Gasteiger partial charge < -0.3 is 48.0 Å². The normalized spacial score (nSPS) is 16.9. The van der Waals surface area contributed by atoms with Crippen molar-refractivity contribution in [3.05, 3.63) is 59.2 Å². The van der Waals surface area contributed by atoms with Crippen molar-refractivity contribution in [2.45, 2.75) is 38.9 Å². The Morgan fingerprint density at radius 1 is 1.31 bits per heavy atom. The molecule has 0 saturated carbocycles. The molecule has 0 aromatic heterocycles. The molecule has 1 aromatic carbocycles. The van der Waals surface area contributed by atoms with Crippen LogP contribution in [0.4, 0.5) is 4.79 Å². The number of rotatable bonds is 8. The Bertz CT molecular complexity index is 1020. The van der Waals surface area contributed by atoms with Crippen LogP contribution in [0.3, 0.4) is 0 Å². The molecule has 0 spiro atoms. The first-order chi connectivity index (χ1) is 16.4. The van der Waals surface area contributed by atoms with Gasteiger partial charge in [0.15, 0.2) is 0 Å². The van der Waals surface area contributed by atoms with Crippen LogP contribution in [0.25, 0.3) is 0 Å². The Morgan fingerprint density at radius 3 is 2.83 bits per heavy atom. The first-order valence-corrected chi connectivity index (χ1v) is 11.2. The average Bonchev–Trinajstić information content (AvgIpc) is 2.84. The summed E-state index contributed by atoms with van der Waals surface area (Å²) in [6.07, 6.45) is 14.9. The van der Waals surface area contributed by atoms with Crippen molar-refractivity contribution in [2.75, 3.05) is 27.7 Å². The molecule has 2 N–H and O–H groups in total. The number of amides is 3. The SMILES string of the molecule is C[CH-]CC[C-]=NN=[C-]C1=CC=CC(NC(=O)c2cc3c(cc2OC)CCN(C(=O)N(C)C)C3)N1.[Li+]. The number of hydrogen-bond acceptors (Lipinski definition) is 6. The van der Waals surface area contributed by atoms with Crippen molar-refractivity contribution >= 4 is 24.4 Å². The van der Waals surface area contributed by atoms with Gasteiger partial charge in [-0.3, -0.25) is 4.79 Å². The van der Waals surface area contributed by atoms with Crippen molar-refractivity contribution < 1.29 is 33.2 Å². The number of ether oxygens (including phenoxy) is 1. The Kier molecular flexibility index (Phi) is 11.1. The number of carbonyl (C=O) groups is 2. The third-order valence-corrected chi connectivity index (χ3v) is 5.43. The summed E-state index contributed by atoms with van der Waals surface area (Å²) in [5.74, 6) is 0.208. The Morgan fingerprint density at radius 2 is 2.11 bits per heavy atom. The van der Waals surface area contributed by atoms with E-state index >= 15 is 0 Å². The van der Waals surface area contributed by atoms with Crippen LogP contribution in [-0.4, -0.2) is 68.1 Å². The maximum atomic E-state index is 13.1. The number of fused-ring (bicyclic) bond motifs is 1. The second kappa shape index (κ2) is 13.8. The molecule has 2 aliphatic rings. The van der Waals surface area contributed by atoms with E-state index in [1.165, 1.54) is 0 Å². The first kappa shape index (κ1) is 28.2. The van der Waals surface area contributed by atoms with Gasteiger partial charge in [-0.15, -0.1) is 18.0 Å². The molecule has 2 aliphatic heterocycles. The molecule has 3 amide bonds. The number of benzene rings is 1. The predicted octanol–water partition coefficient (Wildman–Crippen LogP) is -0.347. The van der Waals surface area contributed by atoms with E-state index in [2.05, 4.69) is 33.3 Å². The molecule has 0 saturated heterocycles. The topological polar surface area (TPSA) is 98.6 Å². The zero-order valence-electron chi connectivity index (χ0n) is 21.1. The number of allylic oxidation sites excluding steroid dienone is 3. The van der Waals surface area contributed by atoms with E-state index in [4.69, 9.17) is 4.74 Å². The van der Waals surface area contributed by atoms with Crippen molar-refractivity contribution in [1.29, 1.82) is 0 Å². The van der Waals surface area contributed by atoms with E-state index in [0.29, 0.717) is 42.9 Å². The fourth-order valence-corrected chi connectivity index (χ4v) is 3.65. The van der Waals surface area contributed by atoms with Gasteiger partial charge in [0.25, 0.3) is 5.91 Å². The zero-order valence-corrected chi connectivity index (χ0v) is 21.1. The van der Waals surface area contributed by atoms with Gasteiger partial charge in [0.05, 0.1) is 12.7 Å². The number of hydrogen-bond donors (Lipinski definition) is 2. The minimum absolute atomic E-state index is 0. The molecule has 0 bridgehead atoms. The number of methoxy groups -OCH3 is 1.